The van der Waals surface area contributed by atoms with Crippen LogP contribution in [0.3, 0.4) is 0 Å². The number of primary amides is 1. The highest BCUT2D eigenvalue weighted by molar-refractivity contribution is 7.88. The number of anilines is 1. The van der Waals surface area contributed by atoms with Crippen molar-refractivity contribution in [1.82, 2.24) is 9.62 Å². The van der Waals surface area contributed by atoms with Crippen LogP contribution >= 0.6 is 0 Å². The number of hydrogen-bond acceptors (Lipinski definition) is 11. The van der Waals surface area contributed by atoms with Gasteiger partial charge in [-0.05, 0) is 62.9 Å². The number of fused-ring (bicyclic) bond motifs is 3. The maximum Gasteiger partial charge on any atom is 0.255 e. The van der Waals surface area contributed by atoms with Crippen molar-refractivity contribution >= 4 is 38.9 Å². The van der Waals surface area contributed by atoms with Crippen molar-refractivity contribution in [2.45, 2.75) is 37.3 Å². The molecule has 13 nitrogen and oxygen atoms in total. The molecule has 1 aromatic rings. The van der Waals surface area contributed by atoms with Crippen molar-refractivity contribution in [1.29, 1.82) is 0 Å². The Morgan fingerprint density at radius 2 is 1.80 bits per heavy atom. The Labute approximate surface area is 238 Å². The van der Waals surface area contributed by atoms with Crippen molar-refractivity contribution in [2.75, 3.05) is 45.9 Å². The lowest BCUT2D eigenvalue weighted by Gasteiger charge is -2.50. The minimum atomic E-state index is -3.40. The van der Waals surface area contributed by atoms with Crippen LogP contribution in [0.2, 0.25) is 0 Å². The van der Waals surface area contributed by atoms with E-state index in [4.69, 9.17) is 5.73 Å². The first-order valence-electron chi connectivity index (χ1n) is 13.1. The zero-order chi connectivity index (χ0) is 30.8. The summed E-state index contributed by atoms with van der Waals surface area (Å²) in [6.45, 7) is 0.119. The molecule has 0 bridgehead atoms. The monoisotopic (exact) mass is 592 g/mol. The largest absolute Gasteiger partial charge is 0.508 e. The van der Waals surface area contributed by atoms with E-state index >= 15 is 0 Å². The zero-order valence-electron chi connectivity index (χ0n) is 23.6. The van der Waals surface area contributed by atoms with E-state index in [1.165, 1.54) is 4.90 Å². The van der Waals surface area contributed by atoms with Gasteiger partial charge >= 0.3 is 0 Å². The lowest BCUT2D eigenvalue weighted by molar-refractivity contribution is -0.153. The van der Waals surface area contributed by atoms with Crippen LogP contribution in [0, 0.1) is 11.8 Å². The normalized spacial score (nSPS) is 26.2. The average Bonchev–Trinajstić information content (AvgIpc) is 2.83. The first kappa shape index (κ1) is 30.5. The minimum absolute atomic E-state index is 0.00133. The molecule has 3 aliphatic carbocycles. The van der Waals surface area contributed by atoms with Gasteiger partial charge in [-0.2, -0.15) is 0 Å². The predicted molar refractivity (Wildman–Crippen MR) is 150 cm³/mol. The molecule has 41 heavy (non-hydrogen) atoms. The maximum atomic E-state index is 14.0. The third-order valence-electron chi connectivity index (χ3n) is 8.25. The second-order valence-corrected chi connectivity index (χ2v) is 13.2. The Hall–Kier alpha value is -3.46. The molecule has 1 fully saturated rings. The topological polar surface area (TPSA) is 211 Å². The highest BCUT2D eigenvalue weighted by Gasteiger charge is 2.64. The Bertz CT molecular complexity index is 1510. The second-order valence-electron chi connectivity index (χ2n) is 11.4. The van der Waals surface area contributed by atoms with Crippen LogP contribution < -0.4 is 15.4 Å². The first-order valence-corrected chi connectivity index (χ1v) is 15.0. The van der Waals surface area contributed by atoms with Crippen LogP contribution in [0.1, 0.15) is 29.5 Å². The molecule has 0 heterocycles. The summed E-state index contributed by atoms with van der Waals surface area (Å²) >= 11 is 0. The number of amides is 1. The molecule has 4 rings (SSSR count). The third kappa shape index (κ3) is 4.88. The van der Waals surface area contributed by atoms with Gasteiger partial charge in [-0.25, -0.2) is 13.1 Å². The molecule has 14 heteroatoms. The Balaban J connectivity index is 1.88. The fraction of sp³-hybridized carbons (Fsp3) is 0.519. The number of sulfonamides is 1. The molecule has 7 N–H and O–H groups in total. The number of aryl methyl sites for hydroxylation is 1. The molecule has 1 aromatic carbocycles. The van der Waals surface area contributed by atoms with E-state index in [0.29, 0.717) is 23.2 Å². The van der Waals surface area contributed by atoms with E-state index in [0.717, 1.165) is 6.26 Å². The Morgan fingerprint density at radius 1 is 1.17 bits per heavy atom. The number of aliphatic hydroxyl groups is 3. The molecule has 0 spiro atoms. The van der Waals surface area contributed by atoms with Crippen LogP contribution in [0.25, 0.3) is 5.76 Å². The van der Waals surface area contributed by atoms with Gasteiger partial charge in [0.15, 0.2) is 11.4 Å². The van der Waals surface area contributed by atoms with Crippen LogP contribution in [0.15, 0.2) is 23.0 Å². The number of rotatable bonds is 8. The number of phenolic OH excluding ortho intramolecular Hbond substituents is 1. The van der Waals surface area contributed by atoms with Gasteiger partial charge in [0.2, 0.25) is 15.8 Å². The summed E-state index contributed by atoms with van der Waals surface area (Å²) < 4.78 is 25.2. The number of aliphatic hydroxyl groups excluding tert-OH is 2. The summed E-state index contributed by atoms with van der Waals surface area (Å²) in [6.07, 6.45) is 1.79. The molecule has 0 radical (unpaired) electrons. The SMILES string of the molecule is CN(C)c1cc(CCCNS(C)(=O)=O)c(O)c2c1C[C@H]1C[C@H]3[C@H](N(C)C)C(=O)C(C(N)=O)=C(O)[C@@]3(O)C(=O)C1=C2O. The fourth-order valence-corrected chi connectivity index (χ4v) is 6.99. The number of benzene rings is 1. The second kappa shape index (κ2) is 10.4. The smallest absolute Gasteiger partial charge is 0.255 e. The summed E-state index contributed by atoms with van der Waals surface area (Å²) in [5.74, 6) is -7.02. The van der Waals surface area contributed by atoms with Gasteiger partial charge < -0.3 is 31.1 Å². The average molecular weight is 593 g/mol. The summed E-state index contributed by atoms with van der Waals surface area (Å²) in [5.41, 5.74) is 3.17. The molecule has 0 aromatic heterocycles. The van der Waals surface area contributed by atoms with E-state index in [2.05, 4.69) is 4.72 Å². The highest BCUT2D eigenvalue weighted by atomic mass is 32.2. The van der Waals surface area contributed by atoms with Crippen LogP contribution in [0.4, 0.5) is 5.69 Å². The van der Waals surface area contributed by atoms with E-state index in [1.54, 1.807) is 39.2 Å². The molecular weight excluding hydrogens is 556 g/mol. The Morgan fingerprint density at radius 3 is 2.34 bits per heavy atom. The molecule has 3 aliphatic rings. The van der Waals surface area contributed by atoms with Gasteiger partial charge in [0.05, 0.1) is 17.9 Å². The van der Waals surface area contributed by atoms with Gasteiger partial charge in [-0.1, -0.05) is 0 Å². The number of Topliss-reactive ketones (excluding diaryl/α,β-unsaturated/α-hetero) is 2. The van der Waals surface area contributed by atoms with Gasteiger partial charge in [0.1, 0.15) is 22.8 Å². The summed E-state index contributed by atoms with van der Waals surface area (Å²) in [6, 6.07) is 0.589. The molecule has 4 atom stereocenters. The van der Waals surface area contributed by atoms with E-state index in [9.17, 15) is 43.2 Å². The highest BCUT2D eigenvalue weighted by Crippen LogP contribution is 2.54. The number of ketones is 2. The standard InChI is InChI=1S/C27H36N4O9S/c1-30(2)16-11-12(7-6-8-29-41(5,39)40)21(32)18-14(16)9-13-10-15-20(31(3)4)23(34)19(26(28)37)25(36)27(15,38)24(35)17(13)22(18)33/h11,13,15,20,29,32-33,36,38H,6-10H2,1-5H3,(H2,28,37)/t13-,15-,20-,27-/m0/s1. The van der Waals surface area contributed by atoms with E-state index < -0.39 is 68.1 Å². The molecular formula is C27H36N4O9S. The van der Waals surface area contributed by atoms with Crippen LogP contribution in [0.5, 0.6) is 5.75 Å². The maximum absolute atomic E-state index is 14.0. The number of carbonyl (C=O) groups is 3. The molecule has 224 valence electrons. The minimum Gasteiger partial charge on any atom is -0.508 e. The van der Waals surface area contributed by atoms with Crippen LogP contribution in [-0.2, 0) is 37.2 Å². The molecule has 1 saturated carbocycles. The summed E-state index contributed by atoms with van der Waals surface area (Å²) in [5, 5.41) is 45.5. The number of carbonyl (C=O) groups excluding carboxylic acids is 3. The number of nitrogens with two attached hydrogens (primary N) is 1. The number of hydrogen-bond donors (Lipinski definition) is 6. The van der Waals surface area contributed by atoms with Gasteiger partial charge in [-0.15, -0.1) is 0 Å². The van der Waals surface area contributed by atoms with Crippen molar-refractivity contribution in [2.24, 2.45) is 17.6 Å². The zero-order valence-corrected chi connectivity index (χ0v) is 24.4. The number of aromatic hydroxyl groups is 1. The molecule has 0 unspecified atom stereocenters. The lowest BCUT2D eigenvalue weighted by Crippen LogP contribution is -2.65. The Kier molecular flexibility index (Phi) is 7.75. The molecule has 1 amide bonds. The van der Waals surface area contributed by atoms with Crippen molar-refractivity contribution in [3.05, 3.63) is 39.7 Å². The summed E-state index contributed by atoms with van der Waals surface area (Å²) in [4.78, 5) is 42.6. The van der Waals surface area contributed by atoms with Crippen molar-refractivity contribution in [3.8, 4) is 5.75 Å². The van der Waals surface area contributed by atoms with Gasteiger partial charge in [0, 0.05) is 37.8 Å². The van der Waals surface area contributed by atoms with E-state index in [1.807, 2.05) is 0 Å². The molecule has 0 aliphatic heterocycles. The predicted octanol–water partition coefficient (Wildman–Crippen LogP) is -0.488. The van der Waals surface area contributed by atoms with Crippen LogP contribution in [-0.4, -0.2) is 104 Å². The number of phenols is 1. The van der Waals surface area contributed by atoms with Gasteiger partial charge in [0.25, 0.3) is 5.91 Å². The number of nitrogens with one attached hydrogen (secondary N) is 1. The fourth-order valence-electron chi connectivity index (χ4n) is 6.47. The van der Waals surface area contributed by atoms with Gasteiger partial charge in [-0.3, -0.25) is 19.3 Å². The van der Waals surface area contributed by atoms with Crippen molar-refractivity contribution < 1.29 is 43.2 Å². The lowest BCUT2D eigenvalue weighted by atomic mass is 9.57. The summed E-state index contributed by atoms with van der Waals surface area (Å²) in [7, 11) is 3.24. The number of likely N-dealkylation sites (N-methyl/N-ethyl adjacent to an activating group) is 1. The quantitative estimate of drug-likeness (QED) is 0.167. The third-order valence-corrected chi connectivity index (χ3v) is 8.97. The first-order chi connectivity index (χ1) is 18.9. The van der Waals surface area contributed by atoms with E-state index in [-0.39, 0.29) is 42.7 Å². The number of nitrogens with zero attached hydrogens (tertiary/aromatic N) is 2. The van der Waals surface area contributed by atoms with Crippen molar-refractivity contribution in [3.63, 3.8) is 0 Å². The molecule has 0 saturated heterocycles.